The third-order valence-corrected chi connectivity index (χ3v) is 2.60. The molecule has 0 aliphatic heterocycles. The molecule has 0 saturated carbocycles. The molecule has 5 heteroatoms. The van der Waals surface area contributed by atoms with Crippen molar-refractivity contribution >= 4 is 5.91 Å². The third kappa shape index (κ3) is 5.39. The Morgan fingerprint density at radius 1 is 1.50 bits per heavy atom. The summed E-state index contributed by atoms with van der Waals surface area (Å²) >= 11 is 0. The van der Waals surface area contributed by atoms with E-state index in [0.717, 1.165) is 5.56 Å². The summed E-state index contributed by atoms with van der Waals surface area (Å²) in [4.78, 5) is 13.3. The number of hydrogen-bond donors (Lipinski definition) is 2. The summed E-state index contributed by atoms with van der Waals surface area (Å²) in [7, 11) is 1.81. The van der Waals surface area contributed by atoms with Gasteiger partial charge in [0, 0.05) is 18.7 Å². The maximum absolute atomic E-state index is 13.2. The number of nitrogens with one attached hydrogen (secondary N) is 1. The Labute approximate surface area is 118 Å². The summed E-state index contributed by atoms with van der Waals surface area (Å²) in [6, 6.07) is 4.34. The molecule has 1 aromatic rings. The first kappa shape index (κ1) is 16.2. The highest BCUT2D eigenvalue weighted by Gasteiger charge is 2.09. The Balaban J connectivity index is 2.78. The van der Waals surface area contributed by atoms with Crippen molar-refractivity contribution in [2.75, 3.05) is 26.7 Å². The molecule has 0 saturated heterocycles. The minimum atomic E-state index is -0.373. The first-order valence-electron chi connectivity index (χ1n) is 6.40. The van der Waals surface area contributed by atoms with Crippen molar-refractivity contribution in [1.82, 2.24) is 10.2 Å². The summed E-state index contributed by atoms with van der Waals surface area (Å²) < 4.78 is 13.2. The first-order chi connectivity index (χ1) is 9.56. The maximum Gasteiger partial charge on any atom is 0.234 e. The smallest absolute Gasteiger partial charge is 0.234 e. The van der Waals surface area contributed by atoms with Crippen LogP contribution in [0.4, 0.5) is 4.39 Å². The van der Waals surface area contributed by atoms with Crippen LogP contribution < -0.4 is 5.32 Å². The molecule has 4 nitrogen and oxygen atoms in total. The van der Waals surface area contributed by atoms with Crippen LogP contribution in [0.3, 0.4) is 0 Å². The number of amides is 1. The Bertz CT molecular complexity index is 520. The SMILES string of the molecule is CCNC(=O)CN(C)Cc1ccc(F)cc1C#CCO. The van der Waals surface area contributed by atoms with E-state index < -0.39 is 0 Å². The summed E-state index contributed by atoms with van der Waals surface area (Å²) in [6.45, 7) is 2.92. The van der Waals surface area contributed by atoms with E-state index in [1.54, 1.807) is 6.07 Å². The van der Waals surface area contributed by atoms with E-state index in [1.807, 2.05) is 18.9 Å². The molecule has 0 bridgehead atoms. The predicted molar refractivity (Wildman–Crippen MR) is 75.4 cm³/mol. The molecular weight excluding hydrogens is 259 g/mol. The molecule has 1 rings (SSSR count). The molecule has 108 valence electrons. The van der Waals surface area contributed by atoms with E-state index >= 15 is 0 Å². The van der Waals surface area contributed by atoms with E-state index in [1.165, 1.54) is 12.1 Å². The number of benzene rings is 1. The largest absolute Gasteiger partial charge is 0.384 e. The summed E-state index contributed by atoms with van der Waals surface area (Å²) in [5.74, 6) is 4.80. The highest BCUT2D eigenvalue weighted by atomic mass is 19.1. The van der Waals surface area contributed by atoms with Crippen LogP contribution in [0.15, 0.2) is 18.2 Å². The van der Waals surface area contributed by atoms with Crippen LogP contribution in [0.1, 0.15) is 18.1 Å². The van der Waals surface area contributed by atoms with Crippen LogP contribution in [-0.2, 0) is 11.3 Å². The van der Waals surface area contributed by atoms with Gasteiger partial charge in [0.05, 0.1) is 6.54 Å². The standard InChI is InChI=1S/C15H19FN2O2/c1-3-17-15(20)11-18(2)10-13-6-7-14(16)9-12(13)5-4-8-19/h6-7,9,19H,3,8,10-11H2,1-2H3,(H,17,20). The number of carbonyl (C=O) groups excluding carboxylic acids is 1. The Morgan fingerprint density at radius 2 is 2.25 bits per heavy atom. The molecule has 0 unspecified atom stereocenters. The Kier molecular flexibility index (Phi) is 6.71. The fraction of sp³-hybridized carbons (Fsp3) is 0.400. The van der Waals surface area contributed by atoms with E-state index in [-0.39, 0.29) is 24.9 Å². The van der Waals surface area contributed by atoms with Gasteiger partial charge in [-0.3, -0.25) is 9.69 Å². The minimum absolute atomic E-state index is 0.0555. The van der Waals surface area contributed by atoms with E-state index in [2.05, 4.69) is 17.2 Å². The van der Waals surface area contributed by atoms with Crippen molar-refractivity contribution in [3.8, 4) is 11.8 Å². The molecule has 0 atom stereocenters. The van der Waals surface area contributed by atoms with Crippen LogP contribution in [-0.4, -0.2) is 42.7 Å². The molecule has 0 spiro atoms. The molecule has 0 aliphatic carbocycles. The van der Waals surface area contributed by atoms with Crippen molar-refractivity contribution in [3.05, 3.63) is 35.1 Å². The van der Waals surface area contributed by atoms with E-state index in [4.69, 9.17) is 5.11 Å². The molecule has 0 fully saturated rings. The molecular formula is C15H19FN2O2. The monoisotopic (exact) mass is 278 g/mol. The second kappa shape index (κ2) is 8.31. The van der Waals surface area contributed by atoms with Gasteiger partial charge in [0.25, 0.3) is 0 Å². The van der Waals surface area contributed by atoms with Gasteiger partial charge in [-0.2, -0.15) is 0 Å². The van der Waals surface area contributed by atoms with E-state index in [0.29, 0.717) is 18.7 Å². The van der Waals surface area contributed by atoms with Gasteiger partial charge >= 0.3 is 0 Å². The van der Waals surface area contributed by atoms with Gasteiger partial charge in [-0.25, -0.2) is 4.39 Å². The van der Waals surface area contributed by atoms with Gasteiger partial charge in [0.2, 0.25) is 5.91 Å². The lowest BCUT2D eigenvalue weighted by Crippen LogP contribution is -2.34. The lowest BCUT2D eigenvalue weighted by Gasteiger charge is -2.17. The van der Waals surface area contributed by atoms with Crippen LogP contribution in [0.25, 0.3) is 0 Å². The molecule has 1 amide bonds. The number of aliphatic hydroxyl groups is 1. The third-order valence-electron chi connectivity index (χ3n) is 2.60. The van der Waals surface area contributed by atoms with Crippen molar-refractivity contribution in [2.24, 2.45) is 0 Å². The number of hydrogen-bond acceptors (Lipinski definition) is 3. The van der Waals surface area contributed by atoms with Crippen LogP contribution >= 0.6 is 0 Å². The first-order valence-corrected chi connectivity index (χ1v) is 6.40. The summed E-state index contributed by atoms with van der Waals surface area (Å²) in [6.07, 6.45) is 0. The zero-order chi connectivity index (χ0) is 15.0. The molecule has 0 aliphatic rings. The second-order valence-electron chi connectivity index (χ2n) is 4.39. The molecule has 0 radical (unpaired) electrons. The van der Waals surface area contributed by atoms with Gasteiger partial charge in [-0.05, 0) is 31.7 Å². The molecule has 0 aromatic heterocycles. The molecule has 2 N–H and O–H groups in total. The highest BCUT2D eigenvalue weighted by Crippen LogP contribution is 2.12. The van der Waals surface area contributed by atoms with Crippen LogP contribution in [0.5, 0.6) is 0 Å². The lowest BCUT2D eigenvalue weighted by atomic mass is 10.1. The maximum atomic E-state index is 13.2. The number of nitrogens with zero attached hydrogens (tertiary/aromatic N) is 1. The van der Waals surface area contributed by atoms with Crippen molar-refractivity contribution in [2.45, 2.75) is 13.5 Å². The minimum Gasteiger partial charge on any atom is -0.384 e. The van der Waals surface area contributed by atoms with Crippen molar-refractivity contribution in [1.29, 1.82) is 0 Å². The van der Waals surface area contributed by atoms with E-state index in [9.17, 15) is 9.18 Å². The zero-order valence-corrected chi connectivity index (χ0v) is 11.7. The number of halogens is 1. The normalized spacial score (nSPS) is 10.1. The molecule has 0 heterocycles. The zero-order valence-electron chi connectivity index (χ0n) is 11.7. The number of likely N-dealkylation sites (N-methyl/N-ethyl adjacent to an activating group) is 2. The van der Waals surface area contributed by atoms with Crippen LogP contribution in [0.2, 0.25) is 0 Å². The van der Waals surface area contributed by atoms with Gasteiger partial charge in [-0.1, -0.05) is 17.9 Å². The Morgan fingerprint density at radius 3 is 2.90 bits per heavy atom. The average Bonchev–Trinajstić information content (AvgIpc) is 2.39. The average molecular weight is 278 g/mol. The van der Waals surface area contributed by atoms with Gasteiger partial charge in [-0.15, -0.1) is 0 Å². The fourth-order valence-corrected chi connectivity index (χ4v) is 1.78. The van der Waals surface area contributed by atoms with Crippen LogP contribution in [0, 0.1) is 17.7 Å². The summed E-state index contributed by atoms with van der Waals surface area (Å²) in [5.41, 5.74) is 1.35. The highest BCUT2D eigenvalue weighted by molar-refractivity contribution is 5.77. The second-order valence-corrected chi connectivity index (χ2v) is 4.39. The summed E-state index contributed by atoms with van der Waals surface area (Å²) in [5, 5.41) is 11.4. The predicted octanol–water partition coefficient (Wildman–Crippen LogP) is 0.737. The van der Waals surface area contributed by atoms with Gasteiger partial charge in [0.1, 0.15) is 12.4 Å². The lowest BCUT2D eigenvalue weighted by molar-refractivity contribution is -0.121. The number of rotatable bonds is 5. The molecule has 20 heavy (non-hydrogen) atoms. The quantitative estimate of drug-likeness (QED) is 0.781. The van der Waals surface area contributed by atoms with Gasteiger partial charge in [0.15, 0.2) is 0 Å². The topological polar surface area (TPSA) is 52.6 Å². The molecule has 1 aromatic carbocycles. The van der Waals surface area contributed by atoms with Crippen molar-refractivity contribution < 1.29 is 14.3 Å². The number of carbonyl (C=O) groups is 1. The fourth-order valence-electron chi connectivity index (χ4n) is 1.78. The van der Waals surface area contributed by atoms with Gasteiger partial charge < -0.3 is 10.4 Å². The van der Waals surface area contributed by atoms with Crippen molar-refractivity contribution in [3.63, 3.8) is 0 Å². The number of aliphatic hydroxyl groups excluding tert-OH is 1. The Hall–Kier alpha value is -1.90.